The number of carbonyl (C=O) groups excluding carboxylic acids is 2. The molecule has 0 aliphatic carbocycles. The fourth-order valence-corrected chi connectivity index (χ4v) is 2.81. The van der Waals surface area contributed by atoms with Crippen LogP contribution < -0.4 is 15.0 Å². The monoisotopic (exact) mass is 338 g/mol. The van der Waals surface area contributed by atoms with Gasteiger partial charge in [-0.1, -0.05) is 37.6 Å². The van der Waals surface area contributed by atoms with E-state index >= 15 is 0 Å². The third kappa shape index (κ3) is 4.18. The van der Waals surface area contributed by atoms with Crippen LogP contribution in [0.1, 0.15) is 25.3 Å². The van der Waals surface area contributed by atoms with Gasteiger partial charge in [0, 0.05) is 5.69 Å². The van der Waals surface area contributed by atoms with Crippen LogP contribution in [0.3, 0.4) is 0 Å². The lowest BCUT2D eigenvalue weighted by molar-refractivity contribution is -0.123. The fourth-order valence-electron chi connectivity index (χ4n) is 2.81. The zero-order chi connectivity index (χ0) is 17.6. The number of rotatable bonds is 6. The molecule has 0 atom stereocenters. The highest BCUT2D eigenvalue weighted by molar-refractivity contribution is 6.04. The third-order valence-corrected chi connectivity index (χ3v) is 4.17. The standard InChI is InChI=1S/C20H22N2O3/c1-2-3-6-15-9-11-16(12-10-15)21-19(23)13-22-17-7-4-5-8-18(17)25-14-20(22)24/h4-5,7-12H,2-3,6,13-14H2,1H3,(H,21,23). The molecule has 1 aliphatic heterocycles. The maximum atomic E-state index is 12.3. The first-order valence-electron chi connectivity index (χ1n) is 8.58. The van der Waals surface area contributed by atoms with E-state index in [1.807, 2.05) is 36.4 Å². The van der Waals surface area contributed by atoms with Gasteiger partial charge in [-0.25, -0.2) is 0 Å². The number of aryl methyl sites for hydroxylation is 1. The van der Waals surface area contributed by atoms with Gasteiger partial charge in [-0.2, -0.15) is 0 Å². The maximum absolute atomic E-state index is 12.3. The minimum atomic E-state index is -0.230. The van der Waals surface area contributed by atoms with Crippen molar-refractivity contribution in [1.82, 2.24) is 0 Å². The summed E-state index contributed by atoms with van der Waals surface area (Å²) in [4.78, 5) is 25.9. The SMILES string of the molecule is CCCCc1ccc(NC(=O)CN2C(=O)COc3ccccc32)cc1. The number of carbonyl (C=O) groups is 2. The van der Waals surface area contributed by atoms with Crippen molar-refractivity contribution in [2.24, 2.45) is 0 Å². The Hall–Kier alpha value is -2.82. The molecule has 2 aromatic carbocycles. The van der Waals surface area contributed by atoms with Gasteiger partial charge in [0.15, 0.2) is 6.61 Å². The number of anilines is 2. The van der Waals surface area contributed by atoms with Crippen molar-refractivity contribution in [3.63, 3.8) is 0 Å². The Labute approximate surface area is 147 Å². The molecular weight excluding hydrogens is 316 g/mol. The molecule has 0 aromatic heterocycles. The smallest absolute Gasteiger partial charge is 0.265 e. The summed E-state index contributed by atoms with van der Waals surface area (Å²) in [7, 11) is 0. The van der Waals surface area contributed by atoms with E-state index in [2.05, 4.69) is 12.2 Å². The summed E-state index contributed by atoms with van der Waals surface area (Å²) >= 11 is 0. The first-order valence-corrected chi connectivity index (χ1v) is 8.58. The molecule has 0 saturated carbocycles. The van der Waals surface area contributed by atoms with Crippen molar-refractivity contribution >= 4 is 23.2 Å². The second kappa shape index (κ2) is 7.83. The maximum Gasteiger partial charge on any atom is 0.265 e. The zero-order valence-corrected chi connectivity index (χ0v) is 14.3. The number of amides is 2. The lowest BCUT2D eigenvalue weighted by atomic mass is 10.1. The van der Waals surface area contributed by atoms with E-state index in [9.17, 15) is 9.59 Å². The summed E-state index contributed by atoms with van der Waals surface area (Å²) in [6, 6.07) is 15.1. The van der Waals surface area contributed by atoms with Crippen molar-refractivity contribution in [2.75, 3.05) is 23.4 Å². The Morgan fingerprint density at radius 2 is 1.92 bits per heavy atom. The number of nitrogens with zero attached hydrogens (tertiary/aromatic N) is 1. The predicted molar refractivity (Wildman–Crippen MR) is 98.0 cm³/mol. The van der Waals surface area contributed by atoms with Gasteiger partial charge < -0.3 is 10.1 Å². The van der Waals surface area contributed by atoms with Crippen LogP contribution in [0.5, 0.6) is 5.75 Å². The summed E-state index contributed by atoms with van der Waals surface area (Å²) in [6.45, 7) is 2.09. The van der Waals surface area contributed by atoms with Crippen LogP contribution in [-0.4, -0.2) is 25.0 Å². The first kappa shape index (κ1) is 17.0. The van der Waals surface area contributed by atoms with Gasteiger partial charge >= 0.3 is 0 Å². The molecule has 5 nitrogen and oxygen atoms in total. The van der Waals surface area contributed by atoms with Gasteiger partial charge in [0.25, 0.3) is 5.91 Å². The van der Waals surface area contributed by atoms with Crippen LogP contribution in [0.4, 0.5) is 11.4 Å². The van der Waals surface area contributed by atoms with E-state index in [1.165, 1.54) is 10.5 Å². The number of ether oxygens (including phenoxy) is 1. The lowest BCUT2D eigenvalue weighted by Crippen LogP contribution is -2.43. The molecule has 0 radical (unpaired) electrons. The van der Waals surface area contributed by atoms with Crippen LogP contribution in [0.2, 0.25) is 0 Å². The lowest BCUT2D eigenvalue weighted by Gasteiger charge is -2.28. The molecule has 25 heavy (non-hydrogen) atoms. The van der Waals surface area contributed by atoms with Crippen LogP contribution in [-0.2, 0) is 16.0 Å². The molecule has 2 aromatic rings. The molecule has 0 fully saturated rings. The zero-order valence-electron chi connectivity index (χ0n) is 14.3. The number of unbranched alkanes of at least 4 members (excludes halogenated alkanes) is 1. The molecular formula is C20H22N2O3. The highest BCUT2D eigenvalue weighted by Crippen LogP contribution is 2.31. The van der Waals surface area contributed by atoms with Gasteiger partial charge in [0.1, 0.15) is 12.3 Å². The Kier molecular flexibility index (Phi) is 5.33. The first-order chi connectivity index (χ1) is 12.2. The van der Waals surface area contributed by atoms with Gasteiger partial charge in [-0.3, -0.25) is 14.5 Å². The number of nitrogens with one attached hydrogen (secondary N) is 1. The number of hydrogen-bond donors (Lipinski definition) is 1. The Balaban J connectivity index is 1.63. The normalized spacial score (nSPS) is 13.2. The summed E-state index contributed by atoms with van der Waals surface area (Å²) in [5, 5.41) is 2.85. The van der Waals surface area contributed by atoms with Gasteiger partial charge in [-0.15, -0.1) is 0 Å². The fraction of sp³-hybridized carbons (Fsp3) is 0.300. The molecule has 0 bridgehead atoms. The molecule has 0 saturated heterocycles. The molecule has 1 heterocycles. The molecule has 2 amide bonds. The Morgan fingerprint density at radius 1 is 1.16 bits per heavy atom. The average Bonchev–Trinajstić information content (AvgIpc) is 2.63. The highest BCUT2D eigenvalue weighted by Gasteiger charge is 2.26. The molecule has 3 rings (SSSR count). The molecule has 1 aliphatic rings. The third-order valence-electron chi connectivity index (χ3n) is 4.17. The summed E-state index contributed by atoms with van der Waals surface area (Å²) < 4.78 is 5.39. The minimum absolute atomic E-state index is 0.0310. The van der Waals surface area contributed by atoms with Crippen molar-refractivity contribution in [3.8, 4) is 5.75 Å². The Morgan fingerprint density at radius 3 is 2.68 bits per heavy atom. The Bertz CT molecular complexity index is 756. The quantitative estimate of drug-likeness (QED) is 0.878. The van der Waals surface area contributed by atoms with Gasteiger partial charge in [0.2, 0.25) is 5.91 Å². The molecule has 130 valence electrons. The van der Waals surface area contributed by atoms with Crippen LogP contribution in [0.25, 0.3) is 0 Å². The van der Waals surface area contributed by atoms with Crippen molar-refractivity contribution in [3.05, 3.63) is 54.1 Å². The summed E-state index contributed by atoms with van der Waals surface area (Å²) in [5.74, 6) is 0.172. The second-order valence-electron chi connectivity index (χ2n) is 6.08. The minimum Gasteiger partial charge on any atom is -0.482 e. The van der Waals surface area contributed by atoms with Crippen LogP contribution in [0, 0.1) is 0 Å². The second-order valence-corrected chi connectivity index (χ2v) is 6.08. The van der Waals surface area contributed by atoms with Crippen molar-refractivity contribution < 1.29 is 14.3 Å². The molecule has 0 unspecified atom stereocenters. The number of para-hydroxylation sites is 2. The van der Waals surface area contributed by atoms with E-state index in [4.69, 9.17) is 4.74 Å². The molecule has 5 heteroatoms. The van der Waals surface area contributed by atoms with E-state index in [0.717, 1.165) is 24.9 Å². The summed E-state index contributed by atoms with van der Waals surface area (Å²) in [5.41, 5.74) is 2.63. The van der Waals surface area contributed by atoms with E-state index in [-0.39, 0.29) is 25.0 Å². The van der Waals surface area contributed by atoms with Crippen molar-refractivity contribution in [2.45, 2.75) is 26.2 Å². The summed E-state index contributed by atoms with van der Waals surface area (Å²) in [6.07, 6.45) is 3.36. The predicted octanol–water partition coefficient (Wildman–Crippen LogP) is 3.39. The molecule has 0 spiro atoms. The number of benzene rings is 2. The number of hydrogen-bond acceptors (Lipinski definition) is 3. The topological polar surface area (TPSA) is 58.6 Å². The van der Waals surface area contributed by atoms with E-state index < -0.39 is 0 Å². The van der Waals surface area contributed by atoms with Crippen LogP contribution in [0.15, 0.2) is 48.5 Å². The van der Waals surface area contributed by atoms with Crippen LogP contribution >= 0.6 is 0 Å². The van der Waals surface area contributed by atoms with Gasteiger partial charge in [0.05, 0.1) is 5.69 Å². The van der Waals surface area contributed by atoms with E-state index in [0.29, 0.717) is 11.4 Å². The van der Waals surface area contributed by atoms with Crippen molar-refractivity contribution in [1.29, 1.82) is 0 Å². The average molecular weight is 338 g/mol. The largest absolute Gasteiger partial charge is 0.482 e. The highest BCUT2D eigenvalue weighted by atomic mass is 16.5. The number of fused-ring (bicyclic) bond motifs is 1. The van der Waals surface area contributed by atoms with E-state index in [1.54, 1.807) is 12.1 Å². The van der Waals surface area contributed by atoms with Gasteiger partial charge in [-0.05, 0) is 42.7 Å². The molecule has 1 N–H and O–H groups in total.